The average Bonchev–Trinajstić information content (AvgIpc) is 3.29. The number of rotatable bonds is 6. The molecule has 230 valence electrons. The predicted octanol–water partition coefficient (Wildman–Crippen LogP) is 4.98. The number of carbonyl (C=O) groups excluding carboxylic acids is 2. The van der Waals surface area contributed by atoms with Gasteiger partial charge in [-0.05, 0) is 80.6 Å². The molecule has 4 aliphatic rings. The standard InChI is InChI=1S/C33H37F3N2O5/c1-19(2)18-38(27(40)12-7-21-5-9-23(10-6-21)33(34,35)36)24-13-14-32(41)26-17-22-8-11-25(42-20(3)39)29-28(22)31(32,30(24)43-29)15-16-37(26)4/h5-12,19,24,26,30,41H,13-18H2,1-4H3/t24-,26-,30+,31+,32-/m1/s1. The first-order valence-electron chi connectivity index (χ1n) is 14.9. The molecule has 1 amide bonds. The van der Waals surface area contributed by atoms with Gasteiger partial charge in [0.15, 0.2) is 11.5 Å². The van der Waals surface area contributed by atoms with Gasteiger partial charge < -0.3 is 24.4 Å². The minimum absolute atomic E-state index is 0.120. The number of halogens is 3. The number of piperidine rings is 1. The third-order valence-electron chi connectivity index (χ3n) is 9.84. The van der Waals surface area contributed by atoms with Crippen LogP contribution in [0.4, 0.5) is 13.2 Å². The van der Waals surface area contributed by atoms with Crippen LogP contribution in [-0.4, -0.2) is 70.7 Å². The maximum Gasteiger partial charge on any atom is 0.416 e. The highest BCUT2D eigenvalue weighted by Gasteiger charge is 2.73. The first-order chi connectivity index (χ1) is 20.3. The number of aliphatic hydroxyl groups is 1. The van der Waals surface area contributed by atoms with E-state index in [9.17, 15) is 27.9 Å². The van der Waals surface area contributed by atoms with Crippen molar-refractivity contribution in [1.82, 2.24) is 9.80 Å². The lowest BCUT2D eigenvalue weighted by atomic mass is 9.48. The van der Waals surface area contributed by atoms with E-state index in [1.54, 1.807) is 11.0 Å². The summed E-state index contributed by atoms with van der Waals surface area (Å²) >= 11 is 0. The molecule has 1 saturated carbocycles. The van der Waals surface area contributed by atoms with Crippen molar-refractivity contribution in [2.75, 3.05) is 20.1 Å². The van der Waals surface area contributed by atoms with Crippen LogP contribution in [0.1, 0.15) is 62.3 Å². The molecule has 6 rings (SSSR count). The largest absolute Gasteiger partial charge is 0.483 e. The molecule has 1 N–H and O–H groups in total. The Labute approximate surface area is 249 Å². The summed E-state index contributed by atoms with van der Waals surface area (Å²) in [7, 11) is 2.03. The maximum absolute atomic E-state index is 13.9. The number of nitrogens with zero attached hydrogens (tertiary/aromatic N) is 2. The Balaban J connectivity index is 1.39. The van der Waals surface area contributed by atoms with Crippen molar-refractivity contribution < 1.29 is 37.3 Å². The first-order valence-corrected chi connectivity index (χ1v) is 14.9. The van der Waals surface area contributed by atoms with E-state index in [2.05, 4.69) is 4.90 Å². The van der Waals surface area contributed by atoms with Gasteiger partial charge in [0.05, 0.1) is 22.6 Å². The van der Waals surface area contributed by atoms with E-state index in [-0.39, 0.29) is 23.9 Å². The topological polar surface area (TPSA) is 79.3 Å². The Morgan fingerprint density at radius 1 is 1.19 bits per heavy atom. The highest BCUT2D eigenvalue weighted by Crippen LogP contribution is 2.65. The van der Waals surface area contributed by atoms with Crippen LogP contribution in [0.2, 0.25) is 0 Å². The van der Waals surface area contributed by atoms with Gasteiger partial charge in [0.1, 0.15) is 6.10 Å². The van der Waals surface area contributed by atoms with Crippen molar-refractivity contribution in [2.45, 2.75) is 81.8 Å². The summed E-state index contributed by atoms with van der Waals surface area (Å²) in [6, 6.07) is 7.88. The second-order valence-electron chi connectivity index (χ2n) is 12.8. The summed E-state index contributed by atoms with van der Waals surface area (Å²) in [5, 5.41) is 12.6. The van der Waals surface area contributed by atoms with Gasteiger partial charge in [0, 0.05) is 31.1 Å². The predicted molar refractivity (Wildman–Crippen MR) is 154 cm³/mol. The Hall–Kier alpha value is -3.37. The van der Waals surface area contributed by atoms with Crippen molar-refractivity contribution in [3.63, 3.8) is 0 Å². The number of esters is 1. The van der Waals surface area contributed by atoms with Gasteiger partial charge in [-0.25, -0.2) is 0 Å². The number of hydrogen-bond donors (Lipinski definition) is 1. The van der Waals surface area contributed by atoms with Crippen molar-refractivity contribution >= 4 is 18.0 Å². The fourth-order valence-electron chi connectivity index (χ4n) is 8.10. The van der Waals surface area contributed by atoms with E-state index < -0.39 is 34.8 Å². The molecule has 10 heteroatoms. The van der Waals surface area contributed by atoms with Gasteiger partial charge in [0.2, 0.25) is 5.91 Å². The van der Waals surface area contributed by atoms with Crippen LogP contribution in [0.25, 0.3) is 6.08 Å². The smallest absolute Gasteiger partial charge is 0.416 e. The van der Waals surface area contributed by atoms with E-state index in [1.807, 2.05) is 27.0 Å². The molecule has 0 unspecified atom stereocenters. The fourth-order valence-corrected chi connectivity index (χ4v) is 8.10. The van der Waals surface area contributed by atoms with Crippen molar-refractivity contribution in [1.29, 1.82) is 0 Å². The summed E-state index contributed by atoms with van der Waals surface area (Å²) in [6.45, 7) is 6.54. The molecule has 0 aromatic heterocycles. The minimum Gasteiger partial charge on any atom is -0.483 e. The number of benzene rings is 2. The Morgan fingerprint density at radius 2 is 1.91 bits per heavy atom. The normalized spacial score (nSPS) is 29.4. The summed E-state index contributed by atoms with van der Waals surface area (Å²) in [4.78, 5) is 29.9. The van der Waals surface area contributed by atoms with Crippen molar-refractivity contribution in [3.8, 4) is 11.5 Å². The lowest BCUT2D eigenvalue weighted by Crippen LogP contribution is -2.78. The van der Waals surface area contributed by atoms with Crippen molar-refractivity contribution in [2.24, 2.45) is 5.92 Å². The molecule has 5 atom stereocenters. The van der Waals surface area contributed by atoms with Crippen LogP contribution in [0.3, 0.4) is 0 Å². The molecule has 7 nitrogen and oxygen atoms in total. The Bertz CT molecular complexity index is 1470. The zero-order chi connectivity index (χ0) is 30.9. The molecule has 2 bridgehead atoms. The third-order valence-corrected chi connectivity index (χ3v) is 9.84. The summed E-state index contributed by atoms with van der Waals surface area (Å²) < 4.78 is 51.4. The van der Waals surface area contributed by atoms with Crippen LogP contribution < -0.4 is 9.47 Å². The van der Waals surface area contributed by atoms with Crippen LogP contribution in [0, 0.1) is 5.92 Å². The second kappa shape index (κ2) is 10.4. The monoisotopic (exact) mass is 598 g/mol. The SMILES string of the molecule is CC(=O)Oc1ccc2c3c1O[C@H]1[C@H](N(CC(C)C)C(=O)C=Cc4ccc(C(F)(F)F)cc4)CC[C@@]4(O)[C@@H](C2)N(C)CC[C@]314. The number of ether oxygens (including phenoxy) is 2. The number of alkyl halides is 3. The molecular formula is C33H37F3N2O5. The van der Waals surface area contributed by atoms with E-state index in [1.165, 1.54) is 31.2 Å². The maximum atomic E-state index is 13.9. The Morgan fingerprint density at radius 3 is 2.56 bits per heavy atom. The highest BCUT2D eigenvalue weighted by atomic mass is 19.4. The average molecular weight is 599 g/mol. The fraction of sp³-hybridized carbons (Fsp3) is 0.515. The molecule has 2 aliphatic carbocycles. The van der Waals surface area contributed by atoms with E-state index >= 15 is 0 Å². The van der Waals surface area contributed by atoms with Crippen LogP contribution >= 0.6 is 0 Å². The first kappa shape index (κ1) is 29.7. The van der Waals surface area contributed by atoms with Gasteiger partial charge in [-0.3, -0.25) is 9.59 Å². The van der Waals surface area contributed by atoms with Crippen LogP contribution in [0.5, 0.6) is 11.5 Å². The number of carbonyl (C=O) groups is 2. The quantitative estimate of drug-likeness (QED) is 0.287. The van der Waals surface area contributed by atoms with E-state index in [4.69, 9.17) is 9.47 Å². The summed E-state index contributed by atoms with van der Waals surface area (Å²) in [6.07, 6.45) is 0.152. The van der Waals surface area contributed by atoms with Gasteiger partial charge >= 0.3 is 12.1 Å². The van der Waals surface area contributed by atoms with Gasteiger partial charge in [-0.2, -0.15) is 13.2 Å². The highest BCUT2D eigenvalue weighted by molar-refractivity contribution is 5.92. The summed E-state index contributed by atoms with van der Waals surface area (Å²) in [5.74, 6) is 0.164. The molecule has 1 saturated heterocycles. The summed E-state index contributed by atoms with van der Waals surface area (Å²) in [5.41, 5.74) is -0.214. The van der Waals surface area contributed by atoms with Gasteiger partial charge in [-0.15, -0.1) is 0 Å². The van der Waals surface area contributed by atoms with Crippen LogP contribution in [-0.2, 0) is 27.6 Å². The lowest BCUT2D eigenvalue weighted by Gasteiger charge is -2.64. The molecule has 43 heavy (non-hydrogen) atoms. The van der Waals surface area contributed by atoms with Crippen LogP contribution in [0.15, 0.2) is 42.5 Å². The third kappa shape index (κ3) is 4.65. The molecule has 1 spiro atoms. The zero-order valence-corrected chi connectivity index (χ0v) is 24.8. The van der Waals surface area contributed by atoms with E-state index in [0.29, 0.717) is 49.3 Å². The number of amides is 1. The molecule has 2 aromatic carbocycles. The number of likely N-dealkylation sites (tertiary alicyclic amines) is 1. The minimum atomic E-state index is -4.44. The zero-order valence-electron chi connectivity index (χ0n) is 24.8. The number of likely N-dealkylation sites (N-methyl/N-ethyl adjacent to an activating group) is 1. The van der Waals surface area contributed by atoms with Gasteiger partial charge in [0.25, 0.3) is 0 Å². The molecular weight excluding hydrogens is 561 g/mol. The van der Waals surface area contributed by atoms with E-state index in [0.717, 1.165) is 29.8 Å². The number of hydrogen-bond acceptors (Lipinski definition) is 6. The molecule has 2 aliphatic heterocycles. The second-order valence-corrected chi connectivity index (χ2v) is 12.8. The lowest BCUT2D eigenvalue weighted by molar-refractivity contribution is -0.197. The molecule has 0 radical (unpaired) electrons. The molecule has 2 heterocycles. The Kier molecular flexibility index (Phi) is 7.16. The molecule has 2 fully saturated rings. The van der Waals surface area contributed by atoms with Gasteiger partial charge in [-0.1, -0.05) is 32.0 Å². The van der Waals surface area contributed by atoms with Crippen molar-refractivity contribution in [3.05, 3.63) is 64.7 Å². The molecule has 2 aromatic rings.